The zero-order chi connectivity index (χ0) is 9.90. The summed E-state index contributed by atoms with van der Waals surface area (Å²) < 4.78 is 30.6. The Kier molecular flexibility index (Phi) is 3.65. The summed E-state index contributed by atoms with van der Waals surface area (Å²) in [6.07, 6.45) is 0. The molecule has 1 aromatic carbocycles. The molecule has 0 aliphatic rings. The van der Waals surface area contributed by atoms with Crippen molar-refractivity contribution in [2.75, 3.05) is 0 Å². The first-order chi connectivity index (χ1) is 6.06. The van der Waals surface area contributed by atoms with Gasteiger partial charge in [0.25, 0.3) is 0 Å². The SMILES string of the molecule is Cc1ccc(S(=O)(=O)OOI)cc1. The van der Waals surface area contributed by atoms with Crippen molar-refractivity contribution in [2.24, 2.45) is 0 Å². The largest absolute Gasteiger partial charge is 0.323 e. The Balaban J connectivity index is 3.02. The van der Waals surface area contributed by atoms with Crippen LogP contribution in [0.2, 0.25) is 0 Å². The second-order valence-electron chi connectivity index (χ2n) is 2.40. The van der Waals surface area contributed by atoms with Gasteiger partial charge in [-0.3, -0.25) is 0 Å². The fourth-order valence-electron chi connectivity index (χ4n) is 0.778. The summed E-state index contributed by atoms with van der Waals surface area (Å²) in [4.78, 5) is 0.0785. The van der Waals surface area contributed by atoms with Gasteiger partial charge >= 0.3 is 10.1 Å². The highest BCUT2D eigenvalue weighted by atomic mass is 127. The highest BCUT2D eigenvalue weighted by Gasteiger charge is 2.15. The van der Waals surface area contributed by atoms with E-state index in [-0.39, 0.29) is 4.90 Å². The maximum atomic E-state index is 11.2. The fourth-order valence-corrected chi connectivity index (χ4v) is 1.97. The average Bonchev–Trinajstić information content (AvgIpc) is 2.05. The van der Waals surface area contributed by atoms with E-state index in [1.54, 1.807) is 12.1 Å². The predicted octanol–water partition coefficient (Wildman–Crippen LogP) is 1.98. The van der Waals surface area contributed by atoms with Gasteiger partial charge in [-0.1, -0.05) is 22.0 Å². The van der Waals surface area contributed by atoms with Crippen molar-refractivity contribution >= 4 is 33.1 Å². The van der Waals surface area contributed by atoms with E-state index >= 15 is 0 Å². The van der Waals surface area contributed by atoms with Crippen molar-refractivity contribution in [1.29, 1.82) is 0 Å². The van der Waals surface area contributed by atoms with Crippen LogP contribution in [0.4, 0.5) is 0 Å². The van der Waals surface area contributed by atoms with Gasteiger partial charge in [0.1, 0.15) is 0 Å². The fraction of sp³-hybridized carbons (Fsp3) is 0.143. The van der Waals surface area contributed by atoms with E-state index in [4.69, 9.17) is 0 Å². The molecular formula is C7H7IO4S. The Morgan fingerprint density at radius 3 is 2.23 bits per heavy atom. The molecule has 0 saturated carbocycles. The minimum Gasteiger partial charge on any atom is -0.192 e. The number of aryl methyl sites for hydroxylation is 1. The van der Waals surface area contributed by atoms with E-state index in [2.05, 4.69) is 7.55 Å². The van der Waals surface area contributed by atoms with Crippen LogP contribution in [0.5, 0.6) is 0 Å². The van der Waals surface area contributed by atoms with Crippen molar-refractivity contribution in [3.63, 3.8) is 0 Å². The van der Waals surface area contributed by atoms with Crippen LogP contribution in [-0.4, -0.2) is 8.42 Å². The van der Waals surface area contributed by atoms with Crippen LogP contribution in [0.3, 0.4) is 0 Å². The summed E-state index contributed by atoms with van der Waals surface area (Å²) in [6, 6.07) is 6.29. The summed E-state index contributed by atoms with van der Waals surface area (Å²) in [6.45, 7) is 1.87. The molecule has 0 atom stereocenters. The smallest absolute Gasteiger partial charge is 0.192 e. The van der Waals surface area contributed by atoms with Crippen LogP contribution in [0.15, 0.2) is 29.2 Å². The molecule has 0 unspecified atom stereocenters. The van der Waals surface area contributed by atoms with Gasteiger partial charge in [0, 0.05) is 0 Å². The molecule has 13 heavy (non-hydrogen) atoms. The standard InChI is InChI=1S/C7H7IO4S/c1-6-2-4-7(5-3-6)13(9,10)12-11-8/h2-5H,1H3. The Labute approximate surface area is 90.6 Å². The highest BCUT2D eigenvalue weighted by molar-refractivity contribution is 14.1. The van der Waals surface area contributed by atoms with Gasteiger partial charge in [0.2, 0.25) is 0 Å². The second kappa shape index (κ2) is 4.36. The summed E-state index contributed by atoms with van der Waals surface area (Å²) in [5.41, 5.74) is 0.981. The summed E-state index contributed by atoms with van der Waals surface area (Å²) in [5, 5.41) is 0. The molecule has 0 bridgehead atoms. The van der Waals surface area contributed by atoms with Crippen molar-refractivity contribution in [3.05, 3.63) is 29.8 Å². The molecule has 6 heteroatoms. The van der Waals surface area contributed by atoms with Crippen LogP contribution >= 0.6 is 23.0 Å². The number of hydrogen-bond acceptors (Lipinski definition) is 4. The maximum absolute atomic E-state index is 11.2. The summed E-state index contributed by atoms with van der Waals surface area (Å²) in [5.74, 6) is 0. The molecule has 0 radical (unpaired) electrons. The quantitative estimate of drug-likeness (QED) is 0.486. The molecule has 72 valence electrons. The minimum atomic E-state index is -3.76. The summed E-state index contributed by atoms with van der Waals surface area (Å²) >= 11 is 1.34. The first-order valence-corrected chi connectivity index (χ1v) is 5.64. The lowest BCUT2D eigenvalue weighted by molar-refractivity contribution is -0.0387. The van der Waals surface area contributed by atoms with Gasteiger partial charge in [-0.2, -0.15) is 8.42 Å². The lowest BCUT2D eigenvalue weighted by Gasteiger charge is -2.00. The molecule has 0 amide bonds. The molecule has 0 aliphatic heterocycles. The van der Waals surface area contributed by atoms with E-state index < -0.39 is 10.1 Å². The van der Waals surface area contributed by atoms with Crippen LogP contribution < -0.4 is 0 Å². The Hall–Kier alpha value is -0.180. The molecule has 0 saturated heterocycles. The Bertz CT molecular complexity index is 370. The normalized spacial score (nSPS) is 11.5. The van der Waals surface area contributed by atoms with Crippen LogP contribution in [-0.2, 0) is 17.7 Å². The van der Waals surface area contributed by atoms with E-state index in [0.717, 1.165) is 5.56 Å². The topological polar surface area (TPSA) is 52.6 Å². The van der Waals surface area contributed by atoms with Crippen molar-refractivity contribution in [1.82, 2.24) is 0 Å². The van der Waals surface area contributed by atoms with Crippen LogP contribution in [0, 0.1) is 6.92 Å². The van der Waals surface area contributed by atoms with Crippen molar-refractivity contribution in [3.8, 4) is 0 Å². The third kappa shape index (κ3) is 2.90. The van der Waals surface area contributed by atoms with Crippen molar-refractivity contribution in [2.45, 2.75) is 11.8 Å². The first-order valence-electron chi connectivity index (χ1n) is 3.35. The van der Waals surface area contributed by atoms with Gasteiger partial charge in [0.15, 0.2) is 23.0 Å². The summed E-state index contributed by atoms with van der Waals surface area (Å²) in [7, 11) is -3.76. The van der Waals surface area contributed by atoms with E-state index in [1.807, 2.05) is 6.92 Å². The van der Waals surface area contributed by atoms with Gasteiger partial charge in [0.05, 0.1) is 4.90 Å². The monoisotopic (exact) mass is 314 g/mol. The third-order valence-corrected chi connectivity index (χ3v) is 2.95. The Morgan fingerprint density at radius 2 is 1.77 bits per heavy atom. The van der Waals surface area contributed by atoms with Gasteiger partial charge in [-0.05, 0) is 19.1 Å². The molecule has 0 aromatic heterocycles. The lowest BCUT2D eigenvalue weighted by atomic mass is 10.2. The molecular weight excluding hydrogens is 307 g/mol. The van der Waals surface area contributed by atoms with E-state index in [9.17, 15) is 8.42 Å². The molecule has 4 nitrogen and oxygen atoms in total. The van der Waals surface area contributed by atoms with Gasteiger partial charge < -0.3 is 0 Å². The maximum Gasteiger partial charge on any atom is 0.323 e. The molecule has 0 spiro atoms. The van der Waals surface area contributed by atoms with E-state index in [0.29, 0.717) is 0 Å². The molecule has 0 N–H and O–H groups in total. The average molecular weight is 314 g/mol. The zero-order valence-electron chi connectivity index (χ0n) is 6.73. The van der Waals surface area contributed by atoms with Crippen LogP contribution in [0.25, 0.3) is 0 Å². The molecule has 1 aromatic rings. The first kappa shape index (κ1) is 10.9. The number of benzene rings is 1. The number of halogens is 1. The minimum absolute atomic E-state index is 0.0785. The second-order valence-corrected chi connectivity index (χ2v) is 4.27. The number of hydrogen-bond donors (Lipinski definition) is 0. The van der Waals surface area contributed by atoms with Crippen LogP contribution in [0.1, 0.15) is 5.56 Å². The van der Waals surface area contributed by atoms with E-state index in [1.165, 1.54) is 35.1 Å². The highest BCUT2D eigenvalue weighted by Crippen LogP contribution is 2.14. The lowest BCUT2D eigenvalue weighted by Crippen LogP contribution is -2.03. The third-order valence-electron chi connectivity index (χ3n) is 1.42. The van der Waals surface area contributed by atoms with Gasteiger partial charge in [-0.15, -0.1) is 3.22 Å². The zero-order valence-corrected chi connectivity index (χ0v) is 9.70. The number of rotatable bonds is 3. The molecule has 0 heterocycles. The Morgan fingerprint density at radius 1 is 1.23 bits per heavy atom. The van der Waals surface area contributed by atoms with Crippen molar-refractivity contribution < 1.29 is 16.0 Å². The predicted molar refractivity (Wildman–Crippen MR) is 54.6 cm³/mol. The molecule has 0 fully saturated rings. The van der Waals surface area contributed by atoms with Gasteiger partial charge in [-0.25, -0.2) is 0 Å². The molecule has 0 aliphatic carbocycles. The molecule has 1 rings (SSSR count).